The number of amides is 1. The molecule has 128 valence electrons. The van der Waals surface area contributed by atoms with Crippen LogP contribution in [0.4, 0.5) is 0 Å². The van der Waals surface area contributed by atoms with E-state index in [1.165, 1.54) is 0 Å². The van der Waals surface area contributed by atoms with Gasteiger partial charge in [0.15, 0.2) is 6.61 Å². The lowest BCUT2D eigenvalue weighted by Crippen LogP contribution is -2.30. The Morgan fingerprint density at radius 1 is 1.17 bits per heavy atom. The molecule has 0 heterocycles. The standard InChI is InChI=1S/C19H22ClNO2S/c1-14-6-5-9-18(15(14)2)23-12-19(22)21-10-11-24-13-16-7-3-4-8-17(16)20/h3-9H,10-13H2,1-2H3,(H,21,22). The zero-order valence-electron chi connectivity index (χ0n) is 14.0. The molecule has 2 aromatic rings. The molecule has 1 amide bonds. The van der Waals surface area contributed by atoms with Gasteiger partial charge in [-0.1, -0.05) is 41.9 Å². The fraction of sp³-hybridized carbons (Fsp3) is 0.316. The van der Waals surface area contributed by atoms with Crippen LogP contribution >= 0.6 is 23.4 Å². The van der Waals surface area contributed by atoms with E-state index in [0.717, 1.165) is 39.0 Å². The van der Waals surface area contributed by atoms with Crippen LogP contribution in [0.3, 0.4) is 0 Å². The van der Waals surface area contributed by atoms with E-state index in [9.17, 15) is 4.79 Å². The fourth-order valence-corrected chi connectivity index (χ4v) is 3.28. The van der Waals surface area contributed by atoms with Gasteiger partial charge in [0.05, 0.1) is 0 Å². The molecule has 0 radical (unpaired) electrons. The molecule has 0 aromatic heterocycles. The van der Waals surface area contributed by atoms with E-state index in [1.54, 1.807) is 11.8 Å². The molecule has 3 nitrogen and oxygen atoms in total. The van der Waals surface area contributed by atoms with Crippen LogP contribution in [0.5, 0.6) is 5.75 Å². The number of ether oxygens (including phenoxy) is 1. The number of carbonyl (C=O) groups excluding carboxylic acids is 1. The van der Waals surface area contributed by atoms with Gasteiger partial charge in [0.2, 0.25) is 0 Å². The second kappa shape index (κ2) is 9.60. The zero-order chi connectivity index (χ0) is 17.4. The first-order chi connectivity index (χ1) is 11.6. The third-order valence-corrected chi connectivity index (χ3v) is 5.07. The van der Waals surface area contributed by atoms with E-state index >= 15 is 0 Å². The van der Waals surface area contributed by atoms with Crippen LogP contribution in [0.25, 0.3) is 0 Å². The molecule has 0 bridgehead atoms. The Bertz CT molecular complexity index is 691. The quantitative estimate of drug-likeness (QED) is 0.707. The minimum Gasteiger partial charge on any atom is -0.483 e. The van der Waals surface area contributed by atoms with Crippen LogP contribution in [-0.2, 0) is 10.5 Å². The molecule has 0 aliphatic rings. The molecular formula is C19H22ClNO2S. The number of aryl methyl sites for hydroxylation is 1. The Morgan fingerprint density at radius 2 is 1.96 bits per heavy atom. The maximum Gasteiger partial charge on any atom is 0.257 e. The average molecular weight is 364 g/mol. The van der Waals surface area contributed by atoms with Crippen molar-refractivity contribution in [2.75, 3.05) is 18.9 Å². The fourth-order valence-electron chi connectivity index (χ4n) is 2.14. The van der Waals surface area contributed by atoms with E-state index in [-0.39, 0.29) is 12.5 Å². The number of nitrogens with one attached hydrogen (secondary N) is 1. The molecule has 0 saturated carbocycles. The average Bonchev–Trinajstić information content (AvgIpc) is 2.57. The monoisotopic (exact) mass is 363 g/mol. The summed E-state index contributed by atoms with van der Waals surface area (Å²) in [4.78, 5) is 11.8. The lowest BCUT2D eigenvalue weighted by atomic mass is 10.1. The molecule has 2 rings (SSSR count). The lowest BCUT2D eigenvalue weighted by Gasteiger charge is -2.11. The topological polar surface area (TPSA) is 38.3 Å². The van der Waals surface area contributed by atoms with E-state index in [1.807, 2.05) is 56.3 Å². The maximum atomic E-state index is 11.8. The van der Waals surface area contributed by atoms with Gasteiger partial charge in [-0.15, -0.1) is 0 Å². The van der Waals surface area contributed by atoms with E-state index < -0.39 is 0 Å². The van der Waals surface area contributed by atoms with Gasteiger partial charge in [-0.05, 0) is 42.7 Å². The lowest BCUT2D eigenvalue weighted by molar-refractivity contribution is -0.122. The smallest absolute Gasteiger partial charge is 0.257 e. The summed E-state index contributed by atoms with van der Waals surface area (Å²) in [7, 11) is 0. The predicted molar refractivity (Wildman–Crippen MR) is 102 cm³/mol. The van der Waals surface area contributed by atoms with Crippen molar-refractivity contribution in [3.05, 3.63) is 64.2 Å². The highest BCUT2D eigenvalue weighted by molar-refractivity contribution is 7.98. The first-order valence-electron chi connectivity index (χ1n) is 7.85. The van der Waals surface area contributed by atoms with Crippen LogP contribution in [0.2, 0.25) is 5.02 Å². The summed E-state index contributed by atoms with van der Waals surface area (Å²) in [5, 5.41) is 3.66. The third kappa shape index (κ3) is 5.77. The van der Waals surface area contributed by atoms with Crippen LogP contribution in [0.1, 0.15) is 16.7 Å². The highest BCUT2D eigenvalue weighted by atomic mass is 35.5. The molecule has 1 N–H and O–H groups in total. The van der Waals surface area contributed by atoms with Crippen LogP contribution in [-0.4, -0.2) is 24.8 Å². The van der Waals surface area contributed by atoms with E-state index in [4.69, 9.17) is 16.3 Å². The predicted octanol–water partition coefficient (Wildman–Crippen LogP) is 4.39. The third-order valence-electron chi connectivity index (χ3n) is 3.70. The molecule has 5 heteroatoms. The van der Waals surface area contributed by atoms with Crippen molar-refractivity contribution in [2.45, 2.75) is 19.6 Å². The minimum atomic E-state index is -0.103. The normalized spacial score (nSPS) is 10.5. The second-order valence-corrected chi connectivity index (χ2v) is 6.99. The SMILES string of the molecule is Cc1cccc(OCC(=O)NCCSCc2ccccc2Cl)c1C. The van der Waals surface area contributed by atoms with Crippen molar-refractivity contribution in [3.63, 3.8) is 0 Å². The highest BCUT2D eigenvalue weighted by Gasteiger charge is 2.06. The molecule has 0 spiro atoms. The van der Waals surface area contributed by atoms with Crippen LogP contribution < -0.4 is 10.1 Å². The minimum absolute atomic E-state index is 0.0411. The van der Waals surface area contributed by atoms with Crippen LogP contribution in [0, 0.1) is 13.8 Å². The number of halogens is 1. The number of hydrogen-bond acceptors (Lipinski definition) is 3. The van der Waals surface area contributed by atoms with Gasteiger partial charge in [-0.25, -0.2) is 0 Å². The molecule has 0 saturated heterocycles. The summed E-state index contributed by atoms with van der Waals surface area (Å²) in [5.41, 5.74) is 3.35. The van der Waals surface area contributed by atoms with Crippen molar-refractivity contribution < 1.29 is 9.53 Å². The van der Waals surface area contributed by atoms with Gasteiger partial charge < -0.3 is 10.1 Å². The molecule has 24 heavy (non-hydrogen) atoms. The Morgan fingerprint density at radius 3 is 2.75 bits per heavy atom. The molecule has 0 aliphatic carbocycles. The molecule has 2 aromatic carbocycles. The van der Waals surface area contributed by atoms with Gasteiger partial charge in [0.1, 0.15) is 5.75 Å². The number of thioether (sulfide) groups is 1. The van der Waals surface area contributed by atoms with Crippen LogP contribution in [0.15, 0.2) is 42.5 Å². The number of rotatable bonds is 8. The van der Waals surface area contributed by atoms with E-state index in [2.05, 4.69) is 5.32 Å². The first kappa shape index (κ1) is 18.7. The van der Waals surface area contributed by atoms with Gasteiger partial charge >= 0.3 is 0 Å². The molecule has 0 fully saturated rings. The van der Waals surface area contributed by atoms with Gasteiger partial charge in [-0.2, -0.15) is 11.8 Å². The van der Waals surface area contributed by atoms with Crippen molar-refractivity contribution in [3.8, 4) is 5.75 Å². The Balaban J connectivity index is 1.63. The maximum absolute atomic E-state index is 11.8. The van der Waals surface area contributed by atoms with Gasteiger partial charge in [0.25, 0.3) is 5.91 Å². The summed E-state index contributed by atoms with van der Waals surface area (Å²) >= 11 is 7.85. The second-order valence-electron chi connectivity index (χ2n) is 5.48. The molecule has 0 unspecified atom stereocenters. The molecule has 0 aliphatic heterocycles. The first-order valence-corrected chi connectivity index (χ1v) is 9.38. The Hall–Kier alpha value is -1.65. The summed E-state index contributed by atoms with van der Waals surface area (Å²) in [6.07, 6.45) is 0. The van der Waals surface area contributed by atoms with Crippen molar-refractivity contribution in [1.29, 1.82) is 0 Å². The summed E-state index contributed by atoms with van der Waals surface area (Å²) in [6, 6.07) is 13.7. The van der Waals surface area contributed by atoms with Crippen molar-refractivity contribution in [1.82, 2.24) is 5.32 Å². The zero-order valence-corrected chi connectivity index (χ0v) is 15.5. The van der Waals surface area contributed by atoms with Gasteiger partial charge in [0, 0.05) is 23.1 Å². The Labute approximate surface area is 152 Å². The number of hydrogen-bond donors (Lipinski definition) is 1. The number of carbonyl (C=O) groups is 1. The summed E-state index contributed by atoms with van der Waals surface area (Å²) in [5.74, 6) is 2.34. The van der Waals surface area contributed by atoms with E-state index in [0.29, 0.717) is 6.54 Å². The highest BCUT2D eigenvalue weighted by Crippen LogP contribution is 2.21. The number of benzene rings is 2. The van der Waals surface area contributed by atoms with Gasteiger partial charge in [-0.3, -0.25) is 4.79 Å². The molecule has 0 atom stereocenters. The van der Waals surface area contributed by atoms with Crippen molar-refractivity contribution in [2.24, 2.45) is 0 Å². The van der Waals surface area contributed by atoms with Crippen molar-refractivity contribution >= 4 is 29.3 Å². The Kier molecular flexibility index (Phi) is 7.47. The summed E-state index contributed by atoms with van der Waals surface area (Å²) in [6.45, 7) is 4.68. The molecular weight excluding hydrogens is 342 g/mol. The largest absolute Gasteiger partial charge is 0.483 e. The summed E-state index contributed by atoms with van der Waals surface area (Å²) < 4.78 is 5.59.